The van der Waals surface area contributed by atoms with Crippen molar-refractivity contribution in [2.45, 2.75) is 25.1 Å². The first-order chi connectivity index (χ1) is 10.6. The van der Waals surface area contributed by atoms with Gasteiger partial charge < -0.3 is 19.8 Å². The Labute approximate surface area is 124 Å². The van der Waals surface area contributed by atoms with E-state index in [0.29, 0.717) is 24.2 Å². The van der Waals surface area contributed by atoms with E-state index < -0.39 is 30.9 Å². The van der Waals surface area contributed by atoms with E-state index in [1.165, 1.54) is 22.8 Å². The van der Waals surface area contributed by atoms with Crippen LogP contribution in [-0.2, 0) is 16.0 Å². The number of imidazole rings is 1. The monoisotopic (exact) mass is 315 g/mol. The molecule has 8 heteroatoms. The zero-order valence-electron chi connectivity index (χ0n) is 11.7. The van der Waals surface area contributed by atoms with Crippen molar-refractivity contribution in [2.24, 2.45) is 5.73 Å². The smallest absolute Gasteiger partial charge is 0.256 e. The first-order valence-corrected chi connectivity index (χ1v) is 6.95. The zero-order valence-corrected chi connectivity index (χ0v) is 11.7. The van der Waals surface area contributed by atoms with Crippen LogP contribution < -0.4 is 5.73 Å². The van der Waals surface area contributed by atoms with Gasteiger partial charge in [0.05, 0.1) is 43.4 Å². The van der Waals surface area contributed by atoms with Gasteiger partial charge in [-0.25, -0.2) is 18.2 Å². The summed E-state index contributed by atoms with van der Waals surface area (Å²) in [6, 6.07) is 3.11. The summed E-state index contributed by atoms with van der Waals surface area (Å²) in [6.45, 7) is 0.579. The predicted octanol–water partition coefficient (Wildman–Crippen LogP) is 1.86. The number of nitrogens with zero attached hydrogens (tertiary/aromatic N) is 2. The fourth-order valence-electron chi connectivity index (χ4n) is 2.59. The van der Waals surface area contributed by atoms with Crippen molar-refractivity contribution >= 4 is 11.0 Å². The summed E-state index contributed by atoms with van der Waals surface area (Å²) in [5.41, 5.74) is 6.84. The van der Waals surface area contributed by atoms with Gasteiger partial charge in [-0.3, -0.25) is 0 Å². The lowest BCUT2D eigenvalue weighted by Crippen LogP contribution is -2.39. The van der Waals surface area contributed by atoms with Gasteiger partial charge in [0.25, 0.3) is 6.43 Å². The van der Waals surface area contributed by atoms with Crippen LogP contribution in [0, 0.1) is 5.82 Å². The van der Waals surface area contributed by atoms with E-state index in [9.17, 15) is 13.2 Å². The Morgan fingerprint density at radius 3 is 2.86 bits per heavy atom. The Balaban J connectivity index is 2.02. The molecule has 1 aromatic heterocycles. The zero-order chi connectivity index (χ0) is 15.7. The number of aromatic nitrogens is 2. The molecule has 1 aromatic carbocycles. The number of benzene rings is 1. The summed E-state index contributed by atoms with van der Waals surface area (Å²) < 4.78 is 51.2. The fraction of sp³-hybridized carbons (Fsp3) is 0.500. The van der Waals surface area contributed by atoms with Crippen LogP contribution in [0.15, 0.2) is 18.2 Å². The van der Waals surface area contributed by atoms with Gasteiger partial charge in [0, 0.05) is 6.07 Å². The number of hydrogen-bond acceptors (Lipinski definition) is 4. The van der Waals surface area contributed by atoms with Crippen LogP contribution in [0.1, 0.15) is 11.9 Å². The molecule has 22 heavy (non-hydrogen) atoms. The lowest BCUT2D eigenvalue weighted by atomic mass is 10.1. The second kappa shape index (κ2) is 6.23. The van der Waals surface area contributed by atoms with Crippen molar-refractivity contribution in [2.75, 3.05) is 19.8 Å². The molecule has 0 aliphatic carbocycles. The van der Waals surface area contributed by atoms with Gasteiger partial charge in [-0.2, -0.15) is 0 Å². The summed E-state index contributed by atoms with van der Waals surface area (Å²) in [6.07, 6.45) is -3.04. The van der Waals surface area contributed by atoms with Crippen LogP contribution in [0.25, 0.3) is 11.0 Å². The van der Waals surface area contributed by atoms with Crippen LogP contribution in [0.4, 0.5) is 13.2 Å². The van der Waals surface area contributed by atoms with Gasteiger partial charge in [0.2, 0.25) is 0 Å². The number of hydrogen-bond donors (Lipinski definition) is 1. The summed E-state index contributed by atoms with van der Waals surface area (Å²) in [5.74, 6) is -0.233. The first-order valence-electron chi connectivity index (χ1n) is 6.95. The third-order valence-electron chi connectivity index (χ3n) is 3.60. The van der Waals surface area contributed by atoms with Crippen molar-refractivity contribution in [3.8, 4) is 0 Å². The molecule has 2 N–H and O–H groups in total. The molecule has 120 valence electrons. The molecule has 1 saturated heterocycles. The highest BCUT2D eigenvalue weighted by atomic mass is 19.3. The minimum absolute atomic E-state index is 0.247. The number of ether oxygens (including phenoxy) is 2. The summed E-state index contributed by atoms with van der Waals surface area (Å²) in [4.78, 5) is 4.23. The fourth-order valence-corrected chi connectivity index (χ4v) is 2.59. The van der Waals surface area contributed by atoms with Crippen molar-refractivity contribution < 1.29 is 22.6 Å². The number of fused-ring (bicyclic) bond motifs is 1. The molecule has 1 fully saturated rings. The first kappa shape index (κ1) is 15.3. The van der Waals surface area contributed by atoms with Gasteiger partial charge >= 0.3 is 0 Å². The van der Waals surface area contributed by atoms with E-state index in [1.54, 1.807) is 0 Å². The minimum Gasteiger partial charge on any atom is -0.376 e. The van der Waals surface area contributed by atoms with Gasteiger partial charge in [0.15, 0.2) is 0 Å². The van der Waals surface area contributed by atoms with Gasteiger partial charge in [0.1, 0.15) is 17.7 Å². The van der Waals surface area contributed by atoms with Gasteiger partial charge in [-0.05, 0) is 12.1 Å². The van der Waals surface area contributed by atoms with E-state index in [0.717, 1.165) is 0 Å². The molecular weight excluding hydrogens is 299 g/mol. The van der Waals surface area contributed by atoms with E-state index in [2.05, 4.69) is 4.98 Å². The topological polar surface area (TPSA) is 62.3 Å². The number of alkyl halides is 2. The molecule has 0 saturated carbocycles. The van der Waals surface area contributed by atoms with Crippen molar-refractivity contribution in [3.63, 3.8) is 0 Å². The van der Waals surface area contributed by atoms with Crippen LogP contribution in [0.3, 0.4) is 0 Å². The molecule has 5 nitrogen and oxygen atoms in total. The molecule has 0 spiro atoms. The molecule has 0 amide bonds. The Hall–Kier alpha value is -1.64. The lowest BCUT2D eigenvalue weighted by Gasteiger charge is -2.28. The maximum absolute atomic E-state index is 13.3. The molecule has 0 unspecified atom stereocenters. The maximum Gasteiger partial charge on any atom is 0.256 e. The van der Waals surface area contributed by atoms with Crippen LogP contribution >= 0.6 is 0 Å². The molecule has 0 bridgehead atoms. The molecule has 1 aliphatic rings. The van der Waals surface area contributed by atoms with E-state index >= 15 is 0 Å². The SMILES string of the molecule is N[C@@H](c1nc2cc(F)ccc2n1CC(F)F)[C@@H]1COCCO1. The van der Waals surface area contributed by atoms with Crippen molar-refractivity contribution in [1.29, 1.82) is 0 Å². The normalized spacial score (nSPS) is 20.7. The average Bonchev–Trinajstić information content (AvgIpc) is 2.84. The Morgan fingerprint density at radius 1 is 1.36 bits per heavy atom. The van der Waals surface area contributed by atoms with Crippen LogP contribution in [0.5, 0.6) is 0 Å². The molecule has 2 heterocycles. The van der Waals surface area contributed by atoms with E-state index in [4.69, 9.17) is 15.2 Å². The van der Waals surface area contributed by atoms with E-state index in [-0.39, 0.29) is 12.4 Å². The number of halogens is 3. The third-order valence-corrected chi connectivity index (χ3v) is 3.60. The van der Waals surface area contributed by atoms with E-state index in [1.807, 2.05) is 0 Å². The Kier molecular flexibility index (Phi) is 4.32. The predicted molar refractivity (Wildman–Crippen MR) is 73.2 cm³/mol. The number of rotatable bonds is 4. The summed E-state index contributed by atoms with van der Waals surface area (Å²) >= 11 is 0. The largest absolute Gasteiger partial charge is 0.376 e. The molecule has 2 aromatic rings. The molecule has 0 radical (unpaired) electrons. The van der Waals surface area contributed by atoms with Gasteiger partial charge in [-0.15, -0.1) is 0 Å². The highest BCUT2D eigenvalue weighted by Crippen LogP contribution is 2.25. The molecule has 2 atom stereocenters. The quantitative estimate of drug-likeness (QED) is 0.935. The van der Waals surface area contributed by atoms with Crippen LogP contribution in [-0.4, -0.2) is 41.9 Å². The highest BCUT2D eigenvalue weighted by Gasteiger charge is 2.29. The third kappa shape index (κ3) is 2.94. The summed E-state index contributed by atoms with van der Waals surface area (Å²) in [7, 11) is 0. The van der Waals surface area contributed by atoms with Gasteiger partial charge in [-0.1, -0.05) is 0 Å². The summed E-state index contributed by atoms with van der Waals surface area (Å²) in [5, 5.41) is 0. The Morgan fingerprint density at radius 2 is 2.18 bits per heavy atom. The highest BCUT2D eigenvalue weighted by molar-refractivity contribution is 5.76. The van der Waals surface area contributed by atoms with Crippen molar-refractivity contribution in [3.05, 3.63) is 29.8 Å². The molecular formula is C14H16F3N3O2. The second-order valence-electron chi connectivity index (χ2n) is 5.11. The van der Waals surface area contributed by atoms with Crippen LogP contribution in [0.2, 0.25) is 0 Å². The minimum atomic E-state index is -2.57. The second-order valence-corrected chi connectivity index (χ2v) is 5.11. The molecule has 1 aliphatic heterocycles. The average molecular weight is 315 g/mol. The molecule has 3 rings (SSSR count). The number of nitrogens with two attached hydrogens (primary N) is 1. The maximum atomic E-state index is 13.3. The standard InChI is InChI=1S/C14H16F3N3O2/c15-8-1-2-10-9(5-8)19-14(20(10)6-12(16)17)13(18)11-7-21-3-4-22-11/h1-2,5,11-13H,3-4,6-7,18H2/t11-,13+/m0/s1. The lowest BCUT2D eigenvalue weighted by molar-refractivity contribution is -0.0988. The van der Waals surface area contributed by atoms with Crippen molar-refractivity contribution in [1.82, 2.24) is 9.55 Å². The Bertz CT molecular complexity index is 656.